The Morgan fingerprint density at radius 1 is 1.41 bits per heavy atom. The molecule has 0 aromatic carbocycles. The number of hydrogen-bond donors (Lipinski definition) is 3. The number of primary amides is 1. The lowest BCUT2D eigenvalue weighted by atomic mass is 9.90. The Kier molecular flexibility index (Phi) is 6.81. The standard InChI is InChI=1S/C11H13N3OS.C6H14/c1-2-5-7(12)4-3-6-8(10(13)15)11(14)16-9(5)6;1-4-5-6(2)3/h2,12H,3-4,14H2,1H3,(H2,13,15);6H,4-5H2,1-3H3/b5-2+,12-7?;. The fourth-order valence-corrected chi connectivity index (χ4v) is 3.84. The Hall–Kier alpha value is -1.62. The molecule has 1 amide bonds. The van der Waals surface area contributed by atoms with Crippen molar-refractivity contribution >= 4 is 33.5 Å². The summed E-state index contributed by atoms with van der Waals surface area (Å²) in [4.78, 5) is 12.2. The van der Waals surface area contributed by atoms with Gasteiger partial charge in [-0.3, -0.25) is 4.79 Å². The van der Waals surface area contributed by atoms with Crippen LogP contribution in [0.4, 0.5) is 5.00 Å². The highest BCUT2D eigenvalue weighted by Gasteiger charge is 2.27. The Balaban J connectivity index is 0.000000346. The molecule has 4 nitrogen and oxygen atoms in total. The minimum absolute atomic E-state index is 0.451. The van der Waals surface area contributed by atoms with Gasteiger partial charge in [0, 0.05) is 16.2 Å². The van der Waals surface area contributed by atoms with E-state index in [-0.39, 0.29) is 0 Å². The Morgan fingerprint density at radius 2 is 2.05 bits per heavy atom. The van der Waals surface area contributed by atoms with E-state index in [1.807, 2.05) is 13.0 Å². The maximum atomic E-state index is 11.3. The van der Waals surface area contributed by atoms with Crippen LogP contribution in [0.25, 0.3) is 5.57 Å². The van der Waals surface area contributed by atoms with Crippen molar-refractivity contribution in [1.29, 1.82) is 5.41 Å². The van der Waals surface area contributed by atoms with Crippen LogP contribution in [-0.2, 0) is 6.42 Å². The first-order valence-corrected chi connectivity index (χ1v) is 8.60. The van der Waals surface area contributed by atoms with Crippen molar-refractivity contribution in [3.8, 4) is 0 Å². The number of anilines is 1. The first-order chi connectivity index (χ1) is 10.3. The molecule has 1 aliphatic rings. The summed E-state index contributed by atoms with van der Waals surface area (Å²) in [5.74, 6) is 0.425. The van der Waals surface area contributed by atoms with Crippen LogP contribution in [0.15, 0.2) is 6.08 Å². The van der Waals surface area contributed by atoms with Crippen molar-refractivity contribution in [2.24, 2.45) is 11.7 Å². The van der Waals surface area contributed by atoms with Gasteiger partial charge in [0.25, 0.3) is 5.91 Å². The highest BCUT2D eigenvalue weighted by molar-refractivity contribution is 7.18. The molecular weight excluding hydrogens is 294 g/mol. The van der Waals surface area contributed by atoms with Gasteiger partial charge >= 0.3 is 0 Å². The van der Waals surface area contributed by atoms with E-state index in [0.29, 0.717) is 29.1 Å². The van der Waals surface area contributed by atoms with E-state index in [0.717, 1.165) is 21.9 Å². The van der Waals surface area contributed by atoms with Gasteiger partial charge in [0.15, 0.2) is 0 Å². The van der Waals surface area contributed by atoms with Gasteiger partial charge in [0.1, 0.15) is 0 Å². The molecule has 1 heterocycles. The summed E-state index contributed by atoms with van der Waals surface area (Å²) >= 11 is 1.35. The van der Waals surface area contributed by atoms with Crippen LogP contribution in [0.2, 0.25) is 0 Å². The molecule has 0 atom stereocenters. The van der Waals surface area contributed by atoms with Crippen LogP contribution in [0.5, 0.6) is 0 Å². The number of carbonyl (C=O) groups is 1. The number of amides is 1. The predicted molar refractivity (Wildman–Crippen MR) is 96.7 cm³/mol. The lowest BCUT2D eigenvalue weighted by Crippen LogP contribution is -2.17. The van der Waals surface area contributed by atoms with E-state index in [1.165, 1.54) is 24.2 Å². The molecule has 5 heteroatoms. The van der Waals surface area contributed by atoms with Gasteiger partial charge in [-0.15, -0.1) is 11.3 Å². The summed E-state index contributed by atoms with van der Waals surface area (Å²) in [7, 11) is 0. The monoisotopic (exact) mass is 321 g/mol. The summed E-state index contributed by atoms with van der Waals surface area (Å²) < 4.78 is 0. The fourth-order valence-electron chi connectivity index (χ4n) is 2.62. The first kappa shape index (κ1) is 18.4. The first-order valence-electron chi connectivity index (χ1n) is 7.78. The average Bonchev–Trinajstić information content (AvgIpc) is 2.75. The van der Waals surface area contributed by atoms with E-state index in [2.05, 4.69) is 20.8 Å². The number of rotatable bonds is 3. The van der Waals surface area contributed by atoms with Gasteiger partial charge in [-0.05, 0) is 31.2 Å². The van der Waals surface area contributed by atoms with Crippen LogP contribution < -0.4 is 11.5 Å². The number of nitrogen functional groups attached to an aromatic ring is 1. The molecule has 1 aliphatic carbocycles. The van der Waals surface area contributed by atoms with E-state index in [9.17, 15) is 4.79 Å². The zero-order valence-electron chi connectivity index (χ0n) is 14.0. The van der Waals surface area contributed by atoms with Gasteiger partial charge in [0.05, 0.1) is 10.6 Å². The third kappa shape index (κ3) is 4.19. The van der Waals surface area contributed by atoms with Crippen molar-refractivity contribution in [2.75, 3.05) is 5.73 Å². The summed E-state index contributed by atoms with van der Waals surface area (Å²) in [6.45, 7) is 8.62. The smallest absolute Gasteiger partial charge is 0.251 e. The maximum absolute atomic E-state index is 11.3. The molecule has 0 spiro atoms. The van der Waals surface area contributed by atoms with Crippen LogP contribution in [0.1, 0.15) is 67.8 Å². The second-order valence-corrected chi connectivity index (χ2v) is 6.93. The maximum Gasteiger partial charge on any atom is 0.251 e. The highest BCUT2D eigenvalue weighted by Crippen LogP contribution is 2.40. The van der Waals surface area contributed by atoms with E-state index in [4.69, 9.17) is 16.9 Å². The number of nitrogens with two attached hydrogens (primary N) is 2. The van der Waals surface area contributed by atoms with Crippen LogP contribution in [-0.4, -0.2) is 11.6 Å². The van der Waals surface area contributed by atoms with Crippen LogP contribution in [0, 0.1) is 11.3 Å². The van der Waals surface area contributed by atoms with Crippen molar-refractivity contribution < 1.29 is 4.79 Å². The third-order valence-electron chi connectivity index (χ3n) is 3.63. The molecule has 22 heavy (non-hydrogen) atoms. The Morgan fingerprint density at radius 3 is 2.45 bits per heavy atom. The van der Waals surface area contributed by atoms with E-state index < -0.39 is 5.91 Å². The summed E-state index contributed by atoms with van der Waals surface area (Å²) in [5, 5.41) is 8.31. The SMILES string of the molecule is C/C=C1\C(=N)CCc2c1sc(N)c2C(N)=O.CCCC(C)C. The summed E-state index contributed by atoms with van der Waals surface area (Å²) in [6, 6.07) is 0. The second-order valence-electron chi connectivity index (χ2n) is 5.88. The second kappa shape index (κ2) is 8.13. The zero-order chi connectivity index (χ0) is 16.9. The van der Waals surface area contributed by atoms with Gasteiger partial charge in [0.2, 0.25) is 0 Å². The number of nitrogens with one attached hydrogen (secondary N) is 1. The molecule has 0 aliphatic heterocycles. The molecular formula is C17H27N3OS. The molecule has 2 rings (SSSR count). The topological polar surface area (TPSA) is 93.0 Å². The highest BCUT2D eigenvalue weighted by atomic mass is 32.1. The van der Waals surface area contributed by atoms with Crippen LogP contribution >= 0.6 is 11.3 Å². The molecule has 0 bridgehead atoms. The van der Waals surface area contributed by atoms with Crippen molar-refractivity contribution in [3.63, 3.8) is 0 Å². The Labute approximate surface area is 137 Å². The third-order valence-corrected chi connectivity index (χ3v) is 4.72. The van der Waals surface area contributed by atoms with Crippen molar-refractivity contribution in [2.45, 2.75) is 53.4 Å². The quantitative estimate of drug-likeness (QED) is 0.776. The lowest BCUT2D eigenvalue weighted by molar-refractivity contribution is 0.100. The number of allylic oxidation sites excluding steroid dienone is 2. The lowest BCUT2D eigenvalue weighted by Gasteiger charge is -2.16. The predicted octanol–water partition coefficient (Wildman–Crippen LogP) is 4.24. The number of fused-ring (bicyclic) bond motifs is 1. The van der Waals surface area contributed by atoms with Crippen molar-refractivity contribution in [1.82, 2.24) is 0 Å². The molecule has 5 N–H and O–H groups in total. The molecule has 0 unspecified atom stereocenters. The molecule has 0 saturated heterocycles. The Bertz CT molecular complexity index is 585. The van der Waals surface area contributed by atoms with Gasteiger partial charge < -0.3 is 16.9 Å². The molecule has 1 aromatic heterocycles. The van der Waals surface area contributed by atoms with E-state index in [1.54, 1.807) is 0 Å². The number of carbonyl (C=O) groups excluding carboxylic acids is 1. The largest absolute Gasteiger partial charge is 0.390 e. The molecule has 0 saturated carbocycles. The number of hydrogen-bond acceptors (Lipinski definition) is 4. The summed E-state index contributed by atoms with van der Waals surface area (Å²) in [5.41, 5.74) is 14.0. The average molecular weight is 321 g/mol. The van der Waals surface area contributed by atoms with Gasteiger partial charge in [-0.25, -0.2) is 0 Å². The molecule has 1 aromatic rings. The van der Waals surface area contributed by atoms with Gasteiger partial charge in [-0.2, -0.15) is 0 Å². The van der Waals surface area contributed by atoms with Crippen molar-refractivity contribution in [3.05, 3.63) is 22.1 Å². The zero-order valence-corrected chi connectivity index (χ0v) is 14.8. The molecule has 0 fully saturated rings. The van der Waals surface area contributed by atoms with E-state index >= 15 is 0 Å². The normalized spacial score (nSPS) is 15.5. The minimum atomic E-state index is -0.473. The number of thiophene rings is 1. The van der Waals surface area contributed by atoms with Crippen LogP contribution in [0.3, 0.4) is 0 Å². The minimum Gasteiger partial charge on any atom is -0.390 e. The molecule has 0 radical (unpaired) electrons. The fraction of sp³-hybridized carbons (Fsp3) is 0.529. The summed E-state index contributed by atoms with van der Waals surface area (Å²) in [6.07, 6.45) is 5.92. The molecule has 122 valence electrons. The van der Waals surface area contributed by atoms with Gasteiger partial charge in [-0.1, -0.05) is 39.7 Å².